The highest BCUT2D eigenvalue weighted by Gasteiger charge is 2.38. The number of carbonyl (C=O) groups is 1. The monoisotopic (exact) mass is 308 g/mol. The van der Waals surface area contributed by atoms with E-state index in [1.165, 1.54) is 0 Å². The maximum Gasteiger partial charge on any atom is 0.238 e. The average molecular weight is 308 g/mol. The maximum absolute atomic E-state index is 12.1. The number of hydrogen-bond acceptors (Lipinski definition) is 4. The van der Waals surface area contributed by atoms with Crippen LogP contribution < -0.4 is 5.32 Å². The molecule has 6 heteroatoms. The first-order chi connectivity index (χ1) is 9.97. The summed E-state index contributed by atoms with van der Waals surface area (Å²) in [5.74, 6) is 0.227. The van der Waals surface area contributed by atoms with E-state index in [1.54, 1.807) is 4.90 Å². The van der Waals surface area contributed by atoms with Crippen LogP contribution in [-0.4, -0.2) is 43.3 Å². The van der Waals surface area contributed by atoms with Crippen molar-refractivity contribution in [3.63, 3.8) is 0 Å². The minimum absolute atomic E-state index is 0.0253. The molecule has 0 spiro atoms. The molecule has 1 amide bonds. The smallest absolute Gasteiger partial charge is 0.238 e. The zero-order chi connectivity index (χ0) is 15.0. The Labute approximate surface area is 125 Å². The van der Waals surface area contributed by atoms with Crippen molar-refractivity contribution in [3.8, 4) is 0 Å². The lowest BCUT2D eigenvalue weighted by atomic mass is 10.1. The van der Waals surface area contributed by atoms with Gasteiger partial charge in [0.15, 0.2) is 9.84 Å². The van der Waals surface area contributed by atoms with Gasteiger partial charge < -0.3 is 4.90 Å². The second-order valence-corrected chi connectivity index (χ2v) is 8.27. The number of amides is 1. The lowest BCUT2D eigenvalue weighted by molar-refractivity contribution is -0.128. The van der Waals surface area contributed by atoms with Gasteiger partial charge in [0.25, 0.3) is 0 Å². The number of nitrogens with one attached hydrogen (secondary N) is 1. The molecule has 2 aliphatic rings. The van der Waals surface area contributed by atoms with Gasteiger partial charge in [-0.25, -0.2) is 8.42 Å². The number of aryl methyl sites for hydroxylation is 1. The largest absolute Gasteiger partial charge is 0.321 e. The van der Waals surface area contributed by atoms with Gasteiger partial charge in [-0.3, -0.25) is 10.1 Å². The van der Waals surface area contributed by atoms with Crippen LogP contribution in [0.1, 0.15) is 30.1 Å². The van der Waals surface area contributed by atoms with Crippen LogP contribution in [0.3, 0.4) is 0 Å². The Morgan fingerprint density at radius 1 is 1.29 bits per heavy atom. The molecule has 3 rings (SSSR count). The van der Waals surface area contributed by atoms with Crippen LogP contribution in [-0.2, 0) is 14.6 Å². The fourth-order valence-electron chi connectivity index (χ4n) is 3.08. The minimum atomic E-state index is -3.03. The van der Waals surface area contributed by atoms with Gasteiger partial charge in [-0.2, -0.15) is 0 Å². The molecule has 2 unspecified atom stereocenters. The van der Waals surface area contributed by atoms with Gasteiger partial charge in [0.05, 0.1) is 17.5 Å². The third-order valence-corrected chi connectivity index (χ3v) is 6.59. The summed E-state index contributed by atoms with van der Waals surface area (Å²) in [6, 6.07) is 7.98. The van der Waals surface area contributed by atoms with Gasteiger partial charge in [0, 0.05) is 6.54 Å². The second kappa shape index (κ2) is 5.42. The zero-order valence-electron chi connectivity index (χ0n) is 12.1. The molecule has 1 aromatic rings. The first-order valence-electron chi connectivity index (χ1n) is 7.28. The normalized spacial score (nSPS) is 28.2. The van der Waals surface area contributed by atoms with Gasteiger partial charge in [-0.05, 0) is 25.3 Å². The Morgan fingerprint density at radius 3 is 2.62 bits per heavy atom. The van der Waals surface area contributed by atoms with Crippen LogP contribution in [0.15, 0.2) is 24.3 Å². The molecule has 21 heavy (non-hydrogen) atoms. The first kappa shape index (κ1) is 14.5. The van der Waals surface area contributed by atoms with Crippen LogP contribution in [0, 0.1) is 6.92 Å². The molecule has 0 radical (unpaired) electrons. The van der Waals surface area contributed by atoms with E-state index in [1.807, 2.05) is 31.2 Å². The summed E-state index contributed by atoms with van der Waals surface area (Å²) in [6.07, 6.45) is 1.15. The van der Waals surface area contributed by atoms with Gasteiger partial charge in [0.1, 0.15) is 6.17 Å². The van der Waals surface area contributed by atoms with E-state index in [2.05, 4.69) is 5.32 Å². The number of sulfone groups is 1. The molecule has 1 aromatic carbocycles. The van der Waals surface area contributed by atoms with Crippen LogP contribution in [0.4, 0.5) is 0 Å². The molecule has 2 heterocycles. The van der Waals surface area contributed by atoms with Crippen LogP contribution in [0.25, 0.3) is 0 Å². The van der Waals surface area contributed by atoms with Crippen molar-refractivity contribution in [1.82, 2.24) is 10.2 Å². The molecule has 2 atom stereocenters. The number of rotatable bonds is 3. The molecule has 2 fully saturated rings. The zero-order valence-corrected chi connectivity index (χ0v) is 12.9. The van der Waals surface area contributed by atoms with Crippen molar-refractivity contribution in [3.05, 3.63) is 35.4 Å². The third-order valence-electron chi connectivity index (χ3n) is 4.33. The lowest BCUT2D eigenvalue weighted by Crippen LogP contribution is -2.38. The van der Waals surface area contributed by atoms with E-state index in [0.717, 1.165) is 11.1 Å². The molecule has 2 saturated heterocycles. The number of benzene rings is 1. The topological polar surface area (TPSA) is 66.5 Å². The fraction of sp³-hybridized carbons (Fsp3) is 0.533. The van der Waals surface area contributed by atoms with Crippen LogP contribution in [0.5, 0.6) is 0 Å². The summed E-state index contributed by atoms with van der Waals surface area (Å²) in [5.41, 5.74) is 2.16. The fourth-order valence-corrected chi connectivity index (χ4v) is 4.89. The van der Waals surface area contributed by atoms with E-state index in [0.29, 0.717) is 19.4 Å². The Kier molecular flexibility index (Phi) is 3.75. The molecule has 0 aliphatic carbocycles. The summed E-state index contributed by atoms with van der Waals surface area (Å²) >= 11 is 0. The Morgan fingerprint density at radius 2 is 2.00 bits per heavy atom. The summed E-state index contributed by atoms with van der Waals surface area (Å²) in [4.78, 5) is 13.8. The average Bonchev–Trinajstić information content (AvgIpc) is 2.96. The number of carbonyl (C=O) groups excluding carboxylic acids is 1. The van der Waals surface area contributed by atoms with Crippen molar-refractivity contribution < 1.29 is 13.2 Å². The van der Waals surface area contributed by atoms with Crippen molar-refractivity contribution in [2.24, 2.45) is 0 Å². The molecule has 0 aromatic heterocycles. The van der Waals surface area contributed by atoms with E-state index < -0.39 is 15.1 Å². The second-order valence-electron chi connectivity index (χ2n) is 5.87. The van der Waals surface area contributed by atoms with Gasteiger partial charge in [0.2, 0.25) is 5.91 Å². The quantitative estimate of drug-likeness (QED) is 0.905. The van der Waals surface area contributed by atoms with Gasteiger partial charge >= 0.3 is 0 Å². The Bertz CT molecular complexity index is 639. The first-order valence-corrected chi connectivity index (χ1v) is 9.00. The standard InChI is InChI=1S/C15H20N2O3S/c1-11-4-6-12(7-5-11)15-16-9-14(18)17(15)10-13-3-2-8-21(13,19)20/h4-7,13,15-16H,2-3,8-10H2,1H3. The van der Waals surface area contributed by atoms with Crippen molar-refractivity contribution in [1.29, 1.82) is 0 Å². The summed E-state index contributed by atoms with van der Waals surface area (Å²) in [5, 5.41) is 2.77. The minimum Gasteiger partial charge on any atom is -0.321 e. The molecule has 0 saturated carbocycles. The summed E-state index contributed by atoms with van der Waals surface area (Å²) in [6.45, 7) is 2.58. The van der Waals surface area contributed by atoms with Gasteiger partial charge in [-0.15, -0.1) is 0 Å². The summed E-state index contributed by atoms with van der Waals surface area (Å²) < 4.78 is 24.0. The highest BCUT2D eigenvalue weighted by Crippen LogP contribution is 2.27. The predicted octanol–water partition coefficient (Wildman–Crippen LogP) is 1.00. The molecule has 1 N–H and O–H groups in total. The molecule has 2 aliphatic heterocycles. The lowest BCUT2D eigenvalue weighted by Gasteiger charge is -2.27. The molecular formula is C15H20N2O3S. The van der Waals surface area contributed by atoms with E-state index in [4.69, 9.17) is 0 Å². The third kappa shape index (κ3) is 2.82. The Hall–Kier alpha value is -1.40. The Balaban J connectivity index is 1.81. The van der Waals surface area contributed by atoms with E-state index >= 15 is 0 Å². The van der Waals surface area contributed by atoms with Gasteiger partial charge in [-0.1, -0.05) is 29.8 Å². The summed E-state index contributed by atoms with van der Waals surface area (Å²) in [7, 11) is -3.03. The van der Waals surface area contributed by atoms with E-state index in [9.17, 15) is 13.2 Å². The number of nitrogens with zero attached hydrogens (tertiary/aromatic N) is 1. The molecular weight excluding hydrogens is 288 g/mol. The van der Waals surface area contributed by atoms with E-state index in [-0.39, 0.29) is 24.4 Å². The SMILES string of the molecule is Cc1ccc(C2NCC(=O)N2CC2CCCS2(=O)=O)cc1. The van der Waals surface area contributed by atoms with Crippen molar-refractivity contribution in [2.75, 3.05) is 18.8 Å². The molecule has 5 nitrogen and oxygen atoms in total. The maximum atomic E-state index is 12.1. The highest BCUT2D eigenvalue weighted by atomic mass is 32.2. The van der Waals surface area contributed by atoms with Crippen LogP contribution in [0.2, 0.25) is 0 Å². The number of hydrogen-bond donors (Lipinski definition) is 1. The van der Waals surface area contributed by atoms with Crippen molar-refractivity contribution >= 4 is 15.7 Å². The highest BCUT2D eigenvalue weighted by molar-refractivity contribution is 7.92. The molecule has 114 valence electrons. The molecule has 0 bridgehead atoms. The van der Waals surface area contributed by atoms with Crippen LogP contribution >= 0.6 is 0 Å². The van der Waals surface area contributed by atoms with Crippen molar-refractivity contribution in [2.45, 2.75) is 31.2 Å². The predicted molar refractivity (Wildman–Crippen MR) is 80.4 cm³/mol.